The topological polar surface area (TPSA) is 127 Å². The molecular weight excluding hydrogens is 527 g/mol. The van der Waals surface area contributed by atoms with Crippen LogP contribution in [0.1, 0.15) is 32.1 Å². The van der Waals surface area contributed by atoms with Gasteiger partial charge in [0.25, 0.3) is 22.9 Å². The minimum atomic E-state index is -0.721. The number of imidazole rings is 2. The fourth-order valence-electron chi connectivity index (χ4n) is 3.84. The molecule has 0 saturated heterocycles. The van der Waals surface area contributed by atoms with Gasteiger partial charge in [-0.2, -0.15) is 0 Å². The van der Waals surface area contributed by atoms with Crippen LogP contribution in [-0.4, -0.2) is 38.4 Å². The molecular formula is C24H16BBrN6O4. The summed E-state index contributed by atoms with van der Waals surface area (Å²) < 4.78 is 2.65. The summed E-state index contributed by atoms with van der Waals surface area (Å²) >= 11 is 3.35. The molecule has 0 unspecified atom stereocenters. The van der Waals surface area contributed by atoms with Gasteiger partial charge in [-0.25, -0.2) is 9.97 Å². The average molecular weight is 543 g/mol. The van der Waals surface area contributed by atoms with Gasteiger partial charge in [0, 0.05) is 15.8 Å². The van der Waals surface area contributed by atoms with E-state index in [9.17, 15) is 19.2 Å². The quantitative estimate of drug-likeness (QED) is 0.333. The second-order valence-electron chi connectivity index (χ2n) is 8.18. The van der Waals surface area contributed by atoms with E-state index in [1.165, 1.54) is 0 Å². The molecule has 0 aliphatic heterocycles. The Morgan fingerprint density at radius 2 is 1.28 bits per heavy atom. The molecule has 2 aromatic carbocycles. The molecule has 3 aromatic heterocycles. The molecule has 12 heteroatoms. The molecule has 36 heavy (non-hydrogen) atoms. The maximum Gasteiger partial charge on any atom is 0.283 e. The number of hydrogen-bond donors (Lipinski definition) is 2. The third kappa shape index (κ3) is 3.85. The van der Waals surface area contributed by atoms with Gasteiger partial charge in [0.2, 0.25) is 0 Å². The van der Waals surface area contributed by atoms with Gasteiger partial charge in [-0.15, -0.1) is 0 Å². The molecule has 2 radical (unpaired) electrons. The third-order valence-corrected chi connectivity index (χ3v) is 6.26. The number of nitrogens with zero attached hydrogens (tertiary/aromatic N) is 4. The maximum absolute atomic E-state index is 13.3. The van der Waals surface area contributed by atoms with E-state index in [1.54, 1.807) is 31.2 Å². The fourth-order valence-corrected chi connectivity index (χ4v) is 4.20. The van der Waals surface area contributed by atoms with Crippen molar-refractivity contribution in [3.8, 4) is 0 Å². The average Bonchev–Trinajstić information content (AvgIpc) is 3.48. The number of aryl methyl sites for hydroxylation is 2. The molecule has 0 aliphatic rings. The first-order valence-corrected chi connectivity index (χ1v) is 11.4. The lowest BCUT2D eigenvalue weighted by Gasteiger charge is -2.09. The van der Waals surface area contributed by atoms with E-state index >= 15 is 0 Å². The number of carbonyl (C=O) groups excluding carboxylic acids is 2. The molecule has 0 fully saturated rings. The largest absolute Gasteiger partial charge is 0.320 e. The number of aromatic nitrogens is 4. The van der Waals surface area contributed by atoms with Gasteiger partial charge in [0.15, 0.2) is 11.4 Å². The standard InChI is InChI=1S/C24H16BBrN6O4/c1-11-3-5-13(25)7-15(11)29-21(33)17-19-23(35)32-10-28-18(20(32)24(36)31(19)9-27-17)22(34)30-16-8-14(26)6-4-12(16)2/h3-10H,1-2H3,(H,29,33)(H,30,34). The summed E-state index contributed by atoms with van der Waals surface area (Å²) in [6.45, 7) is 3.60. The fraction of sp³-hybridized carbons (Fsp3) is 0.0833. The number of carbonyl (C=O) groups is 2. The van der Waals surface area contributed by atoms with E-state index in [0.717, 1.165) is 37.1 Å². The summed E-state index contributed by atoms with van der Waals surface area (Å²) in [4.78, 5) is 60.5. The summed E-state index contributed by atoms with van der Waals surface area (Å²) in [6.07, 6.45) is 2.16. The van der Waals surface area contributed by atoms with Crippen LogP contribution in [0.3, 0.4) is 0 Å². The molecule has 2 N–H and O–H groups in total. The zero-order chi connectivity index (χ0) is 25.7. The van der Waals surface area contributed by atoms with Crippen molar-refractivity contribution in [1.29, 1.82) is 0 Å². The van der Waals surface area contributed by atoms with Crippen molar-refractivity contribution in [2.75, 3.05) is 10.6 Å². The number of hydrogen-bond acceptors (Lipinski definition) is 6. The van der Waals surface area contributed by atoms with Crippen molar-refractivity contribution in [2.24, 2.45) is 0 Å². The first-order chi connectivity index (χ1) is 17.2. The van der Waals surface area contributed by atoms with Crippen LogP contribution in [0.25, 0.3) is 11.0 Å². The van der Waals surface area contributed by atoms with E-state index in [-0.39, 0.29) is 22.4 Å². The highest BCUT2D eigenvalue weighted by Gasteiger charge is 2.25. The molecule has 0 atom stereocenters. The minimum Gasteiger partial charge on any atom is -0.320 e. The Balaban J connectivity index is 1.58. The van der Waals surface area contributed by atoms with Crippen molar-refractivity contribution >= 4 is 63.5 Å². The summed E-state index contributed by atoms with van der Waals surface area (Å²) in [7, 11) is 5.80. The molecule has 0 spiro atoms. The Kier molecular flexibility index (Phi) is 5.67. The van der Waals surface area contributed by atoms with Crippen molar-refractivity contribution in [1.82, 2.24) is 18.8 Å². The molecule has 5 aromatic rings. The third-order valence-electron chi connectivity index (χ3n) is 5.77. The zero-order valence-electron chi connectivity index (χ0n) is 19.0. The van der Waals surface area contributed by atoms with E-state index < -0.39 is 22.9 Å². The predicted molar refractivity (Wildman–Crippen MR) is 139 cm³/mol. The Labute approximate surface area is 212 Å². The van der Waals surface area contributed by atoms with E-state index in [4.69, 9.17) is 7.85 Å². The van der Waals surface area contributed by atoms with Gasteiger partial charge in [-0.3, -0.25) is 28.0 Å². The Hall–Kier alpha value is -4.32. The van der Waals surface area contributed by atoms with Crippen LogP contribution in [0.2, 0.25) is 0 Å². The highest BCUT2D eigenvalue weighted by atomic mass is 79.9. The van der Waals surface area contributed by atoms with Crippen LogP contribution >= 0.6 is 15.9 Å². The molecule has 0 aliphatic carbocycles. The lowest BCUT2D eigenvalue weighted by molar-refractivity contribution is 0.101. The number of anilines is 2. The number of amides is 2. The molecule has 2 amide bonds. The van der Waals surface area contributed by atoms with E-state index in [2.05, 4.69) is 36.5 Å². The van der Waals surface area contributed by atoms with E-state index in [1.807, 2.05) is 19.1 Å². The van der Waals surface area contributed by atoms with Crippen molar-refractivity contribution in [2.45, 2.75) is 13.8 Å². The summed E-state index contributed by atoms with van der Waals surface area (Å²) in [5.74, 6) is -1.35. The van der Waals surface area contributed by atoms with Crippen molar-refractivity contribution < 1.29 is 9.59 Å². The smallest absolute Gasteiger partial charge is 0.283 e. The molecule has 0 saturated carbocycles. The number of benzene rings is 2. The maximum atomic E-state index is 13.3. The zero-order valence-corrected chi connectivity index (χ0v) is 20.6. The van der Waals surface area contributed by atoms with Crippen LogP contribution in [0, 0.1) is 13.8 Å². The van der Waals surface area contributed by atoms with Gasteiger partial charge in [-0.05, 0) is 43.2 Å². The van der Waals surface area contributed by atoms with Gasteiger partial charge in [-0.1, -0.05) is 39.6 Å². The first kappa shape index (κ1) is 23.4. The van der Waals surface area contributed by atoms with Crippen LogP contribution in [0.5, 0.6) is 0 Å². The van der Waals surface area contributed by atoms with Crippen molar-refractivity contribution in [3.05, 3.63) is 96.7 Å². The number of fused-ring (bicyclic) bond motifs is 2. The lowest BCUT2D eigenvalue weighted by Crippen LogP contribution is -2.28. The SMILES string of the molecule is [B]c1ccc(C)c(NC(=O)c2ncn3c(=O)c4c(C(=O)Nc5cc(Br)ccc5C)ncn4c(=O)c23)c1. The van der Waals surface area contributed by atoms with Gasteiger partial charge >= 0.3 is 0 Å². The summed E-state index contributed by atoms with van der Waals surface area (Å²) in [5.41, 5.74) is 0.580. The van der Waals surface area contributed by atoms with Gasteiger partial charge < -0.3 is 10.6 Å². The predicted octanol–water partition coefficient (Wildman–Crippen LogP) is 1.82. The summed E-state index contributed by atoms with van der Waals surface area (Å²) in [6, 6.07) is 10.4. The van der Waals surface area contributed by atoms with Crippen molar-refractivity contribution in [3.63, 3.8) is 0 Å². The lowest BCUT2D eigenvalue weighted by atomic mass is 9.94. The monoisotopic (exact) mass is 542 g/mol. The summed E-state index contributed by atoms with van der Waals surface area (Å²) in [5, 5.41) is 5.39. The number of halogens is 1. The second kappa shape index (κ2) is 8.72. The molecule has 0 bridgehead atoms. The Bertz CT molecular complexity index is 1700. The Morgan fingerprint density at radius 3 is 1.81 bits per heavy atom. The van der Waals surface area contributed by atoms with Crippen LogP contribution in [0.4, 0.5) is 11.4 Å². The van der Waals surface area contributed by atoms with Crippen LogP contribution < -0.4 is 27.2 Å². The first-order valence-electron chi connectivity index (χ1n) is 10.6. The normalized spacial score (nSPS) is 11.2. The van der Waals surface area contributed by atoms with Crippen LogP contribution in [0.15, 0.2) is 63.1 Å². The van der Waals surface area contributed by atoms with Crippen LogP contribution in [-0.2, 0) is 0 Å². The molecule has 3 heterocycles. The van der Waals surface area contributed by atoms with Gasteiger partial charge in [0.1, 0.15) is 31.5 Å². The van der Waals surface area contributed by atoms with E-state index in [0.29, 0.717) is 16.8 Å². The molecule has 10 nitrogen and oxygen atoms in total. The minimum absolute atomic E-state index is 0.228. The van der Waals surface area contributed by atoms with Gasteiger partial charge in [0.05, 0.1) is 0 Å². The highest BCUT2D eigenvalue weighted by molar-refractivity contribution is 9.10. The second-order valence-corrected chi connectivity index (χ2v) is 9.09. The highest BCUT2D eigenvalue weighted by Crippen LogP contribution is 2.21. The Morgan fingerprint density at radius 1 is 0.806 bits per heavy atom. The molecule has 176 valence electrons. The number of rotatable bonds is 4. The molecule has 5 rings (SSSR count). The number of nitrogens with one attached hydrogen (secondary N) is 2.